The fraction of sp³-hybridized carbons (Fsp3) is 0.476. The molecule has 2 atom stereocenters. The highest BCUT2D eigenvalue weighted by atomic mass is 79.9. The number of esters is 2. The Labute approximate surface area is 202 Å². The molecule has 9 nitrogen and oxygen atoms in total. The van der Waals surface area contributed by atoms with Crippen molar-refractivity contribution in [2.75, 3.05) is 19.8 Å². The molecule has 0 bridgehead atoms. The lowest BCUT2D eigenvalue weighted by atomic mass is 9.91. The second-order valence-electron chi connectivity index (χ2n) is 7.03. The molecule has 11 heteroatoms. The van der Waals surface area contributed by atoms with Crippen molar-refractivity contribution in [2.24, 2.45) is 0 Å². The molecule has 32 heavy (non-hydrogen) atoms. The molecular formula is C21H24Br2N2O7. The van der Waals surface area contributed by atoms with E-state index in [1.807, 2.05) is 0 Å². The molecule has 0 spiro atoms. The van der Waals surface area contributed by atoms with Crippen LogP contribution in [0.15, 0.2) is 24.3 Å². The van der Waals surface area contributed by atoms with Crippen molar-refractivity contribution < 1.29 is 33.4 Å². The van der Waals surface area contributed by atoms with Crippen LogP contribution in [0.25, 0.3) is 0 Å². The van der Waals surface area contributed by atoms with Gasteiger partial charge >= 0.3 is 11.9 Å². The van der Waals surface area contributed by atoms with Crippen LogP contribution in [0, 0.1) is 0 Å². The van der Waals surface area contributed by atoms with Crippen LogP contribution in [0.5, 0.6) is 0 Å². The number of benzene rings is 1. The highest BCUT2D eigenvalue weighted by molar-refractivity contribution is 9.12. The van der Waals surface area contributed by atoms with Gasteiger partial charge in [0.1, 0.15) is 0 Å². The van der Waals surface area contributed by atoms with Crippen molar-refractivity contribution in [3.8, 4) is 0 Å². The molecule has 2 unspecified atom stereocenters. The summed E-state index contributed by atoms with van der Waals surface area (Å²) >= 11 is 6.87. The maximum atomic E-state index is 12.8. The number of ether oxygens (including phenoxy) is 2. The SMILES string of the molecule is CCOC(=O)C(CC(Br)C(Br)CN1C(=O)c2ccccc2C1=O)(NC(C)=O)C(=O)OCC. The number of carbonyl (C=O) groups excluding carboxylic acids is 5. The Morgan fingerprint density at radius 2 is 1.44 bits per heavy atom. The van der Waals surface area contributed by atoms with Crippen LogP contribution >= 0.6 is 31.9 Å². The number of carbonyl (C=O) groups is 5. The molecule has 2 rings (SSSR count). The van der Waals surface area contributed by atoms with E-state index in [0.29, 0.717) is 11.1 Å². The molecule has 0 fully saturated rings. The first-order valence-electron chi connectivity index (χ1n) is 9.95. The Morgan fingerprint density at radius 1 is 0.969 bits per heavy atom. The third-order valence-corrected chi connectivity index (χ3v) is 7.37. The van der Waals surface area contributed by atoms with Gasteiger partial charge in [-0.15, -0.1) is 0 Å². The van der Waals surface area contributed by atoms with Crippen LogP contribution in [0.4, 0.5) is 0 Å². The molecule has 3 amide bonds. The highest BCUT2D eigenvalue weighted by Gasteiger charge is 2.52. The van der Waals surface area contributed by atoms with E-state index in [4.69, 9.17) is 9.47 Å². The largest absolute Gasteiger partial charge is 0.464 e. The molecule has 1 aliphatic rings. The molecule has 1 aromatic carbocycles. The van der Waals surface area contributed by atoms with Gasteiger partial charge < -0.3 is 14.8 Å². The van der Waals surface area contributed by atoms with Gasteiger partial charge in [-0.25, -0.2) is 9.59 Å². The average Bonchev–Trinajstić information content (AvgIpc) is 2.98. The minimum absolute atomic E-state index is 0.0146. The number of halogens is 2. The zero-order valence-electron chi connectivity index (χ0n) is 17.9. The molecule has 1 aliphatic heterocycles. The Balaban J connectivity index is 2.26. The number of nitrogens with zero attached hydrogens (tertiary/aromatic N) is 1. The van der Waals surface area contributed by atoms with Crippen molar-refractivity contribution in [1.82, 2.24) is 10.2 Å². The number of hydrogen-bond donors (Lipinski definition) is 1. The number of fused-ring (bicyclic) bond motifs is 1. The summed E-state index contributed by atoms with van der Waals surface area (Å²) in [7, 11) is 0. The van der Waals surface area contributed by atoms with E-state index < -0.39 is 44.9 Å². The highest BCUT2D eigenvalue weighted by Crippen LogP contribution is 2.30. The van der Waals surface area contributed by atoms with Crippen molar-refractivity contribution >= 4 is 61.5 Å². The smallest absolute Gasteiger partial charge is 0.343 e. The lowest BCUT2D eigenvalue weighted by Crippen LogP contribution is -2.62. The lowest BCUT2D eigenvalue weighted by molar-refractivity contribution is -0.168. The number of alkyl halides is 2. The van der Waals surface area contributed by atoms with Crippen LogP contribution in [-0.2, 0) is 23.9 Å². The molecule has 1 aromatic rings. The number of rotatable bonds is 10. The van der Waals surface area contributed by atoms with Crippen LogP contribution in [0.1, 0.15) is 47.9 Å². The zero-order valence-corrected chi connectivity index (χ0v) is 21.0. The number of imide groups is 1. The summed E-state index contributed by atoms with van der Waals surface area (Å²) in [5.41, 5.74) is -1.47. The number of hydrogen-bond acceptors (Lipinski definition) is 7. The van der Waals surface area contributed by atoms with Crippen LogP contribution < -0.4 is 5.32 Å². The lowest BCUT2D eigenvalue weighted by Gasteiger charge is -2.33. The van der Waals surface area contributed by atoms with E-state index >= 15 is 0 Å². The Kier molecular flexibility index (Phi) is 8.97. The predicted molar refractivity (Wildman–Crippen MR) is 122 cm³/mol. The first-order valence-corrected chi connectivity index (χ1v) is 11.8. The summed E-state index contributed by atoms with van der Waals surface area (Å²) in [6, 6.07) is 6.50. The quantitative estimate of drug-likeness (QED) is 0.196. The Morgan fingerprint density at radius 3 is 1.84 bits per heavy atom. The third kappa shape index (κ3) is 5.37. The summed E-state index contributed by atoms with van der Waals surface area (Å²) in [4.78, 5) is 62.6. The van der Waals surface area contributed by atoms with Crippen LogP contribution in [0.3, 0.4) is 0 Å². The Bertz CT molecular complexity index is 868. The second kappa shape index (κ2) is 11.0. The van der Waals surface area contributed by atoms with Gasteiger partial charge in [0.25, 0.3) is 11.8 Å². The number of nitrogens with one attached hydrogen (secondary N) is 1. The average molecular weight is 576 g/mol. The molecule has 0 aromatic heterocycles. The molecule has 1 N–H and O–H groups in total. The molecule has 0 saturated carbocycles. The van der Waals surface area contributed by atoms with Crippen molar-refractivity contribution in [2.45, 2.75) is 42.4 Å². The summed E-state index contributed by atoms with van der Waals surface area (Å²) in [5, 5.41) is 2.39. The van der Waals surface area contributed by atoms with Crippen molar-refractivity contribution in [3.63, 3.8) is 0 Å². The van der Waals surface area contributed by atoms with E-state index in [1.165, 1.54) is 6.92 Å². The molecule has 0 radical (unpaired) electrons. The summed E-state index contributed by atoms with van der Waals surface area (Å²) < 4.78 is 10.1. The van der Waals surface area contributed by atoms with Gasteiger partial charge in [0.05, 0.1) is 24.3 Å². The monoisotopic (exact) mass is 574 g/mol. The van der Waals surface area contributed by atoms with Crippen LogP contribution in [0.2, 0.25) is 0 Å². The topological polar surface area (TPSA) is 119 Å². The Hall–Kier alpha value is -2.27. The van der Waals surface area contributed by atoms with E-state index in [-0.39, 0.29) is 26.2 Å². The first kappa shape index (κ1) is 26.0. The second-order valence-corrected chi connectivity index (χ2v) is 9.38. The fourth-order valence-corrected chi connectivity index (χ4v) is 4.46. The summed E-state index contributed by atoms with van der Waals surface area (Å²) in [6.07, 6.45) is -0.247. The van der Waals surface area contributed by atoms with E-state index in [9.17, 15) is 24.0 Å². The van der Waals surface area contributed by atoms with E-state index in [1.54, 1.807) is 38.1 Å². The molecule has 174 valence electrons. The van der Waals surface area contributed by atoms with E-state index in [0.717, 1.165) is 4.90 Å². The van der Waals surface area contributed by atoms with Crippen molar-refractivity contribution in [3.05, 3.63) is 35.4 Å². The summed E-state index contributed by atoms with van der Waals surface area (Å²) in [5.74, 6) is -3.41. The number of amides is 3. The molecule has 0 aliphatic carbocycles. The zero-order chi connectivity index (χ0) is 24.1. The van der Waals surface area contributed by atoms with Gasteiger partial charge in [-0.05, 0) is 26.0 Å². The third-order valence-electron chi connectivity index (χ3n) is 4.77. The minimum atomic E-state index is -2.10. The maximum Gasteiger partial charge on any atom is 0.343 e. The first-order chi connectivity index (χ1) is 15.1. The van der Waals surface area contributed by atoms with Gasteiger partial charge in [-0.2, -0.15) is 0 Å². The standard InChI is InChI=1S/C21H24Br2N2O7/c1-4-31-19(29)21(24-12(3)26,20(30)32-5-2)10-15(22)16(23)11-25-17(27)13-8-6-7-9-14(13)18(25)28/h6-9,15-16H,4-5,10-11H2,1-3H3,(H,24,26). The minimum Gasteiger partial charge on any atom is -0.464 e. The van der Waals surface area contributed by atoms with Gasteiger partial charge in [-0.3, -0.25) is 19.3 Å². The maximum absolute atomic E-state index is 12.8. The summed E-state index contributed by atoms with van der Waals surface area (Å²) in [6.45, 7) is 4.25. The molecule has 0 saturated heterocycles. The normalized spacial score (nSPS) is 15.1. The van der Waals surface area contributed by atoms with Gasteiger partial charge in [0, 0.05) is 29.5 Å². The molecular weight excluding hydrogens is 552 g/mol. The molecule has 1 heterocycles. The van der Waals surface area contributed by atoms with Gasteiger partial charge in [0.15, 0.2) is 0 Å². The van der Waals surface area contributed by atoms with Gasteiger partial charge in [-0.1, -0.05) is 44.0 Å². The fourth-order valence-electron chi connectivity index (χ4n) is 3.33. The van der Waals surface area contributed by atoms with Crippen LogP contribution in [-0.4, -0.2) is 69.5 Å². The van der Waals surface area contributed by atoms with Gasteiger partial charge in [0.2, 0.25) is 11.4 Å². The van der Waals surface area contributed by atoms with Crippen molar-refractivity contribution in [1.29, 1.82) is 0 Å². The predicted octanol–water partition coefficient (Wildman–Crippen LogP) is 2.20. The van der Waals surface area contributed by atoms with E-state index in [2.05, 4.69) is 37.2 Å².